The first-order valence-corrected chi connectivity index (χ1v) is 6.03. The molecule has 3 N–H and O–H groups in total. The number of rotatable bonds is 3. The van der Waals surface area contributed by atoms with Gasteiger partial charge in [-0.2, -0.15) is 0 Å². The maximum absolute atomic E-state index is 13.6. The Morgan fingerprint density at radius 2 is 1.84 bits per heavy atom. The van der Waals surface area contributed by atoms with E-state index in [-0.39, 0.29) is 22.9 Å². The average Bonchev–Trinajstić information content (AvgIpc) is 2.35. The summed E-state index contributed by atoms with van der Waals surface area (Å²) in [5, 5.41) is 7.36. The summed E-state index contributed by atoms with van der Waals surface area (Å²) in [5.74, 6) is -1.39. The lowest BCUT2D eigenvalue weighted by Crippen LogP contribution is -2.12. The topological polar surface area (TPSA) is 59.1 Å². The molecular weight excluding hydrogens is 318 g/mol. The largest absolute Gasteiger partial charge is 0.453 e. The number of nitrogens with one attached hydrogen (secondary N) is 1. The third-order valence-electron chi connectivity index (χ3n) is 2.34. The Labute approximate surface area is 116 Å². The maximum atomic E-state index is 13.6. The molecule has 0 radical (unpaired) electrons. The SMILES string of the molecule is N=C(N)c1cc(F)ccc1Oc1cc(Br)ccc1F. The Hall–Kier alpha value is -1.95. The summed E-state index contributed by atoms with van der Waals surface area (Å²) >= 11 is 3.20. The third kappa shape index (κ3) is 3.08. The first kappa shape index (κ1) is 13.5. The highest BCUT2D eigenvalue weighted by atomic mass is 79.9. The molecule has 0 aliphatic heterocycles. The zero-order valence-corrected chi connectivity index (χ0v) is 11.2. The van der Waals surface area contributed by atoms with E-state index in [1.165, 1.54) is 24.3 Å². The van der Waals surface area contributed by atoms with Crippen molar-refractivity contribution in [2.75, 3.05) is 0 Å². The van der Waals surface area contributed by atoms with Gasteiger partial charge in [-0.05, 0) is 36.4 Å². The van der Waals surface area contributed by atoms with E-state index in [0.29, 0.717) is 4.47 Å². The van der Waals surface area contributed by atoms with Crippen molar-refractivity contribution in [3.05, 3.63) is 58.1 Å². The zero-order chi connectivity index (χ0) is 14.0. The second kappa shape index (κ2) is 5.36. The molecule has 0 fully saturated rings. The summed E-state index contributed by atoms with van der Waals surface area (Å²) in [7, 11) is 0. The summed E-state index contributed by atoms with van der Waals surface area (Å²) in [4.78, 5) is 0. The molecule has 0 heterocycles. The maximum Gasteiger partial charge on any atom is 0.165 e. The summed E-state index contributed by atoms with van der Waals surface area (Å²) in [5.41, 5.74) is 5.41. The van der Waals surface area contributed by atoms with E-state index in [2.05, 4.69) is 15.9 Å². The monoisotopic (exact) mass is 326 g/mol. The van der Waals surface area contributed by atoms with Crippen molar-refractivity contribution < 1.29 is 13.5 Å². The Bertz CT molecular complexity index is 647. The van der Waals surface area contributed by atoms with Crippen molar-refractivity contribution in [2.24, 2.45) is 5.73 Å². The van der Waals surface area contributed by atoms with Gasteiger partial charge in [0.15, 0.2) is 11.6 Å². The van der Waals surface area contributed by atoms with Gasteiger partial charge in [-0.25, -0.2) is 8.78 Å². The van der Waals surface area contributed by atoms with Gasteiger partial charge in [-0.1, -0.05) is 15.9 Å². The van der Waals surface area contributed by atoms with E-state index < -0.39 is 11.6 Å². The molecule has 98 valence electrons. The van der Waals surface area contributed by atoms with Gasteiger partial charge in [0.2, 0.25) is 0 Å². The molecule has 0 unspecified atom stereocenters. The highest BCUT2D eigenvalue weighted by Crippen LogP contribution is 2.30. The number of nitrogens with two attached hydrogens (primary N) is 1. The second-order valence-electron chi connectivity index (χ2n) is 3.73. The van der Waals surface area contributed by atoms with Crippen molar-refractivity contribution in [1.82, 2.24) is 0 Å². The number of nitrogen functional groups attached to an aromatic ring is 1. The molecule has 2 aromatic carbocycles. The lowest BCUT2D eigenvalue weighted by Gasteiger charge is -2.11. The van der Waals surface area contributed by atoms with E-state index in [9.17, 15) is 8.78 Å². The Balaban J connectivity index is 2.43. The molecule has 19 heavy (non-hydrogen) atoms. The average molecular weight is 327 g/mol. The normalized spacial score (nSPS) is 10.3. The van der Waals surface area contributed by atoms with Crippen LogP contribution in [0.3, 0.4) is 0 Å². The number of benzene rings is 2. The van der Waals surface area contributed by atoms with Crippen molar-refractivity contribution in [3.63, 3.8) is 0 Å². The van der Waals surface area contributed by atoms with Crippen molar-refractivity contribution >= 4 is 21.8 Å². The first-order chi connectivity index (χ1) is 8.97. The molecule has 0 saturated carbocycles. The van der Waals surface area contributed by atoms with Crippen LogP contribution in [0, 0.1) is 17.0 Å². The smallest absolute Gasteiger partial charge is 0.165 e. The fourth-order valence-corrected chi connectivity index (χ4v) is 1.82. The predicted molar refractivity (Wildman–Crippen MR) is 71.6 cm³/mol. The summed E-state index contributed by atoms with van der Waals surface area (Å²) in [6.07, 6.45) is 0. The van der Waals surface area contributed by atoms with Crippen LogP contribution in [0.2, 0.25) is 0 Å². The fraction of sp³-hybridized carbons (Fsp3) is 0. The van der Waals surface area contributed by atoms with Gasteiger partial charge in [-0.3, -0.25) is 5.41 Å². The minimum atomic E-state index is -0.568. The molecule has 2 aromatic rings. The number of hydrogen-bond donors (Lipinski definition) is 2. The molecule has 2 rings (SSSR count). The summed E-state index contributed by atoms with van der Waals surface area (Å²) in [6.45, 7) is 0. The molecule has 3 nitrogen and oxygen atoms in total. The predicted octanol–water partition coefficient (Wildman–Crippen LogP) is 3.80. The Morgan fingerprint density at radius 1 is 1.11 bits per heavy atom. The van der Waals surface area contributed by atoms with Gasteiger partial charge in [-0.15, -0.1) is 0 Å². The quantitative estimate of drug-likeness (QED) is 0.665. The van der Waals surface area contributed by atoms with Crippen LogP contribution in [0.4, 0.5) is 8.78 Å². The van der Waals surface area contributed by atoms with Gasteiger partial charge in [0.05, 0.1) is 5.56 Å². The summed E-state index contributed by atoms with van der Waals surface area (Å²) < 4.78 is 32.6. The molecule has 0 saturated heterocycles. The molecule has 0 aromatic heterocycles. The van der Waals surface area contributed by atoms with Crippen LogP contribution >= 0.6 is 15.9 Å². The van der Waals surface area contributed by atoms with E-state index >= 15 is 0 Å². The number of halogens is 3. The van der Waals surface area contributed by atoms with Gasteiger partial charge in [0, 0.05) is 4.47 Å². The Morgan fingerprint density at radius 3 is 2.53 bits per heavy atom. The van der Waals surface area contributed by atoms with Crippen molar-refractivity contribution in [1.29, 1.82) is 5.41 Å². The molecule has 0 amide bonds. The third-order valence-corrected chi connectivity index (χ3v) is 2.84. The minimum Gasteiger partial charge on any atom is -0.453 e. The number of hydrogen-bond acceptors (Lipinski definition) is 2. The lowest BCUT2D eigenvalue weighted by molar-refractivity contribution is 0.440. The standard InChI is InChI=1S/C13H9BrF2N2O/c14-7-1-3-10(16)12(5-7)19-11-4-2-8(15)6-9(11)13(17)18/h1-6H,(H3,17,18). The zero-order valence-electron chi connectivity index (χ0n) is 9.58. The molecule has 0 spiro atoms. The molecule has 0 bridgehead atoms. The number of ether oxygens (including phenoxy) is 1. The second-order valence-corrected chi connectivity index (χ2v) is 4.65. The van der Waals surface area contributed by atoms with Crippen LogP contribution in [-0.4, -0.2) is 5.84 Å². The molecule has 6 heteroatoms. The van der Waals surface area contributed by atoms with Crippen LogP contribution in [0.5, 0.6) is 11.5 Å². The van der Waals surface area contributed by atoms with Crippen LogP contribution in [-0.2, 0) is 0 Å². The Kier molecular flexibility index (Phi) is 3.80. The van der Waals surface area contributed by atoms with E-state index in [0.717, 1.165) is 12.1 Å². The number of amidine groups is 1. The van der Waals surface area contributed by atoms with Gasteiger partial charge in [0.1, 0.15) is 17.4 Å². The lowest BCUT2D eigenvalue weighted by atomic mass is 10.2. The van der Waals surface area contributed by atoms with Crippen LogP contribution in [0.1, 0.15) is 5.56 Å². The van der Waals surface area contributed by atoms with E-state index in [1.807, 2.05) is 0 Å². The van der Waals surface area contributed by atoms with Gasteiger partial charge in [0.25, 0.3) is 0 Å². The van der Waals surface area contributed by atoms with Crippen molar-refractivity contribution in [2.45, 2.75) is 0 Å². The molecular formula is C13H9BrF2N2O. The first-order valence-electron chi connectivity index (χ1n) is 5.24. The van der Waals surface area contributed by atoms with E-state index in [1.54, 1.807) is 0 Å². The minimum absolute atomic E-state index is 0.0384. The highest BCUT2D eigenvalue weighted by Gasteiger charge is 2.12. The van der Waals surface area contributed by atoms with Crippen LogP contribution in [0.25, 0.3) is 0 Å². The van der Waals surface area contributed by atoms with Gasteiger partial charge < -0.3 is 10.5 Å². The molecule has 0 aliphatic rings. The molecule has 0 aliphatic carbocycles. The fourth-order valence-electron chi connectivity index (χ4n) is 1.48. The molecule has 0 atom stereocenters. The highest BCUT2D eigenvalue weighted by molar-refractivity contribution is 9.10. The van der Waals surface area contributed by atoms with Crippen molar-refractivity contribution in [3.8, 4) is 11.5 Å². The van der Waals surface area contributed by atoms with Gasteiger partial charge >= 0.3 is 0 Å². The van der Waals surface area contributed by atoms with E-state index in [4.69, 9.17) is 15.9 Å². The van der Waals surface area contributed by atoms with Crippen LogP contribution < -0.4 is 10.5 Å². The van der Waals surface area contributed by atoms with Crippen LogP contribution in [0.15, 0.2) is 40.9 Å². The summed E-state index contributed by atoms with van der Waals surface area (Å²) in [6, 6.07) is 7.70.